The normalized spacial score (nSPS) is 10.2. The molecule has 27 heavy (non-hydrogen) atoms. The first-order chi connectivity index (χ1) is 12.9. The van der Waals surface area contributed by atoms with Crippen LogP contribution in [0.1, 0.15) is 34.6 Å². The molecule has 0 aromatic heterocycles. The van der Waals surface area contributed by atoms with Crippen molar-refractivity contribution in [3.63, 3.8) is 0 Å². The average Bonchev–Trinajstić information content (AvgIpc) is 2.63. The number of carbonyl (C=O) groups is 2. The summed E-state index contributed by atoms with van der Waals surface area (Å²) in [5.74, 6) is -1.23. The molecule has 0 aliphatic rings. The Balaban J connectivity index is 2.40. The third-order valence-electron chi connectivity index (χ3n) is 3.55. The van der Waals surface area contributed by atoms with Crippen molar-refractivity contribution in [2.75, 3.05) is 23.8 Å². The van der Waals surface area contributed by atoms with E-state index in [0.717, 1.165) is 6.07 Å². The zero-order valence-electron chi connectivity index (χ0n) is 14.7. The van der Waals surface area contributed by atoms with Crippen molar-refractivity contribution in [1.29, 1.82) is 0 Å². The molecule has 8 nitrogen and oxygen atoms in total. The first kappa shape index (κ1) is 20.2. The Labute approximate surface area is 160 Å². The maximum atomic E-state index is 12.6. The van der Waals surface area contributed by atoms with Crippen molar-refractivity contribution >= 4 is 40.5 Å². The Morgan fingerprint density at radius 1 is 1.15 bits per heavy atom. The summed E-state index contributed by atoms with van der Waals surface area (Å²) in [6.45, 7) is 4.34. The first-order valence-electron chi connectivity index (χ1n) is 8.17. The second-order valence-electron chi connectivity index (χ2n) is 5.38. The minimum Gasteiger partial charge on any atom is -0.462 e. The molecule has 2 N–H and O–H groups in total. The van der Waals surface area contributed by atoms with E-state index in [1.54, 1.807) is 19.1 Å². The molecular formula is C18H18ClN3O5. The fraction of sp³-hybridized carbons (Fsp3) is 0.222. The summed E-state index contributed by atoms with van der Waals surface area (Å²) in [6, 6.07) is 8.42. The highest BCUT2D eigenvalue weighted by molar-refractivity contribution is 6.31. The molecule has 0 aliphatic heterocycles. The molecule has 0 bridgehead atoms. The maximum Gasteiger partial charge on any atom is 0.338 e. The van der Waals surface area contributed by atoms with Gasteiger partial charge in [-0.2, -0.15) is 0 Å². The van der Waals surface area contributed by atoms with Gasteiger partial charge in [0.25, 0.3) is 11.6 Å². The van der Waals surface area contributed by atoms with Crippen molar-refractivity contribution in [3.8, 4) is 0 Å². The summed E-state index contributed by atoms with van der Waals surface area (Å²) in [5, 5.41) is 17.0. The largest absolute Gasteiger partial charge is 0.462 e. The van der Waals surface area contributed by atoms with Crippen LogP contribution in [0.5, 0.6) is 0 Å². The van der Waals surface area contributed by atoms with Crippen LogP contribution in [0, 0.1) is 10.1 Å². The van der Waals surface area contributed by atoms with Gasteiger partial charge in [0.1, 0.15) is 5.56 Å². The van der Waals surface area contributed by atoms with Gasteiger partial charge < -0.3 is 15.4 Å². The number of ether oxygens (including phenoxy) is 1. The van der Waals surface area contributed by atoms with E-state index in [2.05, 4.69) is 10.6 Å². The van der Waals surface area contributed by atoms with Crippen LogP contribution in [-0.4, -0.2) is 30.0 Å². The van der Waals surface area contributed by atoms with Crippen molar-refractivity contribution < 1.29 is 19.2 Å². The maximum absolute atomic E-state index is 12.6. The van der Waals surface area contributed by atoms with Crippen LogP contribution in [-0.2, 0) is 4.74 Å². The molecular weight excluding hydrogens is 374 g/mol. The summed E-state index contributed by atoms with van der Waals surface area (Å²) in [5.41, 5.74) is 0.562. The number of nitrogens with one attached hydrogen (secondary N) is 2. The van der Waals surface area contributed by atoms with E-state index in [4.69, 9.17) is 16.3 Å². The lowest BCUT2D eigenvalue weighted by Gasteiger charge is -2.14. The van der Waals surface area contributed by atoms with E-state index in [1.165, 1.54) is 18.2 Å². The quantitative estimate of drug-likeness (QED) is 0.417. The molecule has 2 aromatic rings. The van der Waals surface area contributed by atoms with Gasteiger partial charge in [-0.3, -0.25) is 14.9 Å². The zero-order chi connectivity index (χ0) is 20.0. The van der Waals surface area contributed by atoms with Gasteiger partial charge in [-0.05, 0) is 44.2 Å². The minimum absolute atomic E-state index is 0.145. The van der Waals surface area contributed by atoms with Gasteiger partial charge in [0.05, 0.1) is 28.5 Å². The van der Waals surface area contributed by atoms with E-state index >= 15 is 0 Å². The standard InChI is InChI=1S/C18H18ClN3O5/c1-3-20-14-8-5-11(18(24)27-4-2)9-15(14)21-17(23)13-7-6-12(19)10-16(13)22(25)26/h5-10,20H,3-4H2,1-2H3,(H,21,23). The number of hydrogen-bond acceptors (Lipinski definition) is 6. The van der Waals surface area contributed by atoms with Gasteiger partial charge in [-0.25, -0.2) is 4.79 Å². The number of anilines is 2. The lowest BCUT2D eigenvalue weighted by molar-refractivity contribution is -0.385. The zero-order valence-corrected chi connectivity index (χ0v) is 15.5. The summed E-state index contributed by atoms with van der Waals surface area (Å²) < 4.78 is 4.96. The molecule has 2 rings (SSSR count). The topological polar surface area (TPSA) is 111 Å². The molecule has 9 heteroatoms. The van der Waals surface area contributed by atoms with Crippen LogP contribution >= 0.6 is 11.6 Å². The van der Waals surface area contributed by atoms with Crippen LogP contribution in [0.3, 0.4) is 0 Å². The van der Waals surface area contributed by atoms with Gasteiger partial charge in [0, 0.05) is 17.6 Å². The van der Waals surface area contributed by atoms with Crippen molar-refractivity contribution in [2.24, 2.45) is 0 Å². The predicted molar refractivity (Wildman–Crippen MR) is 103 cm³/mol. The van der Waals surface area contributed by atoms with Gasteiger partial charge in [-0.1, -0.05) is 11.6 Å². The second kappa shape index (κ2) is 9.00. The van der Waals surface area contributed by atoms with Gasteiger partial charge in [0.2, 0.25) is 0 Å². The second-order valence-corrected chi connectivity index (χ2v) is 5.82. The number of halogens is 1. The average molecular weight is 392 g/mol. The van der Waals surface area contributed by atoms with Crippen LogP contribution in [0.4, 0.5) is 17.1 Å². The van der Waals surface area contributed by atoms with Crippen LogP contribution in [0.15, 0.2) is 36.4 Å². The van der Waals surface area contributed by atoms with Gasteiger partial charge in [0.15, 0.2) is 0 Å². The third-order valence-corrected chi connectivity index (χ3v) is 3.78. The van der Waals surface area contributed by atoms with Crippen LogP contribution in [0.25, 0.3) is 0 Å². The smallest absolute Gasteiger partial charge is 0.338 e. The van der Waals surface area contributed by atoms with Crippen LogP contribution < -0.4 is 10.6 Å². The fourth-order valence-electron chi connectivity index (χ4n) is 2.37. The number of benzene rings is 2. The lowest BCUT2D eigenvalue weighted by Crippen LogP contribution is -2.16. The first-order valence-corrected chi connectivity index (χ1v) is 8.55. The van der Waals surface area contributed by atoms with E-state index in [0.29, 0.717) is 17.9 Å². The molecule has 0 aliphatic carbocycles. The number of nitro groups is 1. The Hall–Kier alpha value is -3.13. The number of amides is 1. The third kappa shape index (κ3) is 4.95. The van der Waals surface area contributed by atoms with Crippen molar-refractivity contribution in [3.05, 3.63) is 62.7 Å². The molecule has 0 saturated carbocycles. The molecule has 0 atom stereocenters. The molecule has 2 aromatic carbocycles. The number of nitrogens with zero attached hydrogens (tertiary/aromatic N) is 1. The van der Waals surface area contributed by atoms with E-state index < -0.39 is 22.5 Å². The number of hydrogen-bond donors (Lipinski definition) is 2. The van der Waals surface area contributed by atoms with Gasteiger partial charge >= 0.3 is 5.97 Å². The highest BCUT2D eigenvalue weighted by Crippen LogP contribution is 2.27. The molecule has 0 unspecified atom stereocenters. The number of rotatable bonds is 7. The Kier molecular flexibility index (Phi) is 6.73. The summed E-state index contributed by atoms with van der Waals surface area (Å²) in [7, 11) is 0. The Morgan fingerprint density at radius 2 is 1.89 bits per heavy atom. The summed E-state index contributed by atoms with van der Waals surface area (Å²) in [6.07, 6.45) is 0. The summed E-state index contributed by atoms with van der Waals surface area (Å²) >= 11 is 5.78. The molecule has 0 fully saturated rings. The highest BCUT2D eigenvalue weighted by Gasteiger charge is 2.22. The molecule has 142 valence electrons. The number of nitro benzene ring substituents is 1. The molecule has 0 heterocycles. The van der Waals surface area contributed by atoms with E-state index in [9.17, 15) is 19.7 Å². The predicted octanol–water partition coefficient (Wildman–Crippen LogP) is 4.11. The SMILES string of the molecule is CCNc1ccc(C(=O)OCC)cc1NC(=O)c1ccc(Cl)cc1[N+](=O)[O-]. The highest BCUT2D eigenvalue weighted by atomic mass is 35.5. The Bertz CT molecular complexity index is 885. The van der Waals surface area contributed by atoms with E-state index in [1.807, 2.05) is 6.92 Å². The molecule has 0 radical (unpaired) electrons. The number of carbonyl (C=O) groups excluding carboxylic acids is 2. The van der Waals surface area contributed by atoms with Crippen LogP contribution in [0.2, 0.25) is 5.02 Å². The Morgan fingerprint density at radius 3 is 2.52 bits per heavy atom. The molecule has 0 spiro atoms. The fourth-order valence-corrected chi connectivity index (χ4v) is 2.54. The minimum atomic E-state index is -0.696. The van der Waals surface area contributed by atoms with Crippen molar-refractivity contribution in [1.82, 2.24) is 0 Å². The monoisotopic (exact) mass is 391 g/mol. The molecule has 1 amide bonds. The van der Waals surface area contributed by atoms with Gasteiger partial charge in [-0.15, -0.1) is 0 Å². The lowest BCUT2D eigenvalue weighted by atomic mass is 10.1. The van der Waals surface area contributed by atoms with E-state index in [-0.39, 0.29) is 22.8 Å². The number of esters is 1. The molecule has 0 saturated heterocycles. The summed E-state index contributed by atoms with van der Waals surface area (Å²) in [4.78, 5) is 35.1. The van der Waals surface area contributed by atoms with Crippen molar-refractivity contribution in [2.45, 2.75) is 13.8 Å².